The third-order valence-corrected chi connectivity index (χ3v) is 4.53. The van der Waals surface area contributed by atoms with Crippen LogP contribution in [0.2, 0.25) is 0 Å². The summed E-state index contributed by atoms with van der Waals surface area (Å²) in [4.78, 5) is 4.68. The lowest BCUT2D eigenvalue weighted by Gasteiger charge is -2.11. The summed E-state index contributed by atoms with van der Waals surface area (Å²) in [5, 5.41) is 10.8. The lowest BCUT2D eigenvalue weighted by atomic mass is 10.1. The maximum atomic E-state index is 5.80. The van der Waals surface area contributed by atoms with Gasteiger partial charge in [-0.25, -0.2) is 4.99 Å². The molecule has 7 heteroatoms. The van der Waals surface area contributed by atoms with Crippen LogP contribution in [0.1, 0.15) is 29.3 Å². The normalized spacial score (nSPS) is 11.1. The SMILES string of the molecule is CCNC(=NCc1ccc(COCc2ccccc2)cc1)NCc1ccnn1C.I. The Hall–Kier alpha value is -2.39. The molecule has 2 N–H and O–H groups in total. The average molecular weight is 519 g/mol. The summed E-state index contributed by atoms with van der Waals surface area (Å²) in [5.74, 6) is 0.795. The van der Waals surface area contributed by atoms with Crippen LogP contribution in [0.5, 0.6) is 0 Å². The van der Waals surface area contributed by atoms with Crippen LogP contribution in [-0.4, -0.2) is 22.3 Å². The van der Waals surface area contributed by atoms with Crippen molar-refractivity contribution >= 4 is 29.9 Å². The second kappa shape index (κ2) is 13.0. The molecule has 0 atom stereocenters. The van der Waals surface area contributed by atoms with Gasteiger partial charge in [-0.1, -0.05) is 54.6 Å². The topological polar surface area (TPSA) is 63.5 Å². The summed E-state index contributed by atoms with van der Waals surface area (Å²) in [5.41, 5.74) is 4.62. The van der Waals surface area contributed by atoms with Gasteiger partial charge in [0.1, 0.15) is 0 Å². The number of nitrogens with zero attached hydrogens (tertiary/aromatic N) is 3. The predicted molar refractivity (Wildman–Crippen MR) is 132 cm³/mol. The van der Waals surface area contributed by atoms with E-state index >= 15 is 0 Å². The monoisotopic (exact) mass is 519 g/mol. The molecule has 0 aliphatic carbocycles. The van der Waals surface area contributed by atoms with Gasteiger partial charge < -0.3 is 15.4 Å². The Bertz CT molecular complexity index is 893. The van der Waals surface area contributed by atoms with Crippen molar-refractivity contribution in [2.24, 2.45) is 12.0 Å². The van der Waals surface area contributed by atoms with E-state index < -0.39 is 0 Å². The van der Waals surface area contributed by atoms with Crippen LogP contribution in [0, 0.1) is 0 Å². The molecule has 0 aliphatic rings. The van der Waals surface area contributed by atoms with Crippen molar-refractivity contribution < 1.29 is 4.74 Å². The number of halogens is 1. The third-order valence-electron chi connectivity index (χ3n) is 4.53. The van der Waals surface area contributed by atoms with Crippen molar-refractivity contribution in [3.63, 3.8) is 0 Å². The van der Waals surface area contributed by atoms with E-state index in [1.165, 1.54) is 5.56 Å². The first-order valence-corrected chi connectivity index (χ1v) is 9.93. The van der Waals surface area contributed by atoms with E-state index in [-0.39, 0.29) is 24.0 Å². The van der Waals surface area contributed by atoms with Gasteiger partial charge in [0.25, 0.3) is 0 Å². The van der Waals surface area contributed by atoms with Gasteiger partial charge in [-0.3, -0.25) is 4.68 Å². The molecule has 0 saturated carbocycles. The van der Waals surface area contributed by atoms with Gasteiger partial charge >= 0.3 is 0 Å². The molecule has 0 unspecified atom stereocenters. The zero-order valence-electron chi connectivity index (χ0n) is 17.5. The Labute approximate surface area is 195 Å². The Morgan fingerprint density at radius 3 is 2.23 bits per heavy atom. The fourth-order valence-electron chi connectivity index (χ4n) is 2.86. The van der Waals surface area contributed by atoms with Crippen molar-refractivity contribution in [1.82, 2.24) is 20.4 Å². The maximum absolute atomic E-state index is 5.80. The third kappa shape index (κ3) is 7.79. The number of ether oxygens (including phenoxy) is 1. The summed E-state index contributed by atoms with van der Waals surface area (Å²) in [6, 6.07) is 20.6. The highest BCUT2D eigenvalue weighted by molar-refractivity contribution is 14.0. The van der Waals surface area contributed by atoms with Crippen LogP contribution in [-0.2, 0) is 38.1 Å². The Kier molecular flexibility index (Phi) is 10.4. The van der Waals surface area contributed by atoms with Gasteiger partial charge in [0.05, 0.1) is 32.0 Å². The zero-order chi connectivity index (χ0) is 20.3. The van der Waals surface area contributed by atoms with E-state index in [9.17, 15) is 0 Å². The van der Waals surface area contributed by atoms with Gasteiger partial charge in [0.15, 0.2) is 5.96 Å². The van der Waals surface area contributed by atoms with E-state index in [0.717, 1.165) is 29.3 Å². The van der Waals surface area contributed by atoms with Crippen LogP contribution in [0.25, 0.3) is 0 Å². The minimum absolute atomic E-state index is 0. The lowest BCUT2D eigenvalue weighted by molar-refractivity contribution is 0.107. The summed E-state index contributed by atoms with van der Waals surface area (Å²) >= 11 is 0. The number of aromatic nitrogens is 2. The molecule has 1 heterocycles. The number of hydrogen-bond acceptors (Lipinski definition) is 3. The van der Waals surface area contributed by atoms with E-state index in [2.05, 4.69) is 64.0 Å². The lowest BCUT2D eigenvalue weighted by Crippen LogP contribution is -2.37. The molecule has 6 nitrogen and oxygen atoms in total. The molecule has 0 aliphatic heterocycles. The molecule has 0 spiro atoms. The van der Waals surface area contributed by atoms with Crippen LogP contribution in [0.3, 0.4) is 0 Å². The summed E-state index contributed by atoms with van der Waals surface area (Å²) in [6.07, 6.45) is 1.80. The molecule has 2 aromatic carbocycles. The Balaban J connectivity index is 0.00000320. The van der Waals surface area contributed by atoms with E-state index in [4.69, 9.17) is 4.74 Å². The quantitative estimate of drug-likeness (QED) is 0.255. The van der Waals surface area contributed by atoms with Crippen LogP contribution in [0.15, 0.2) is 71.9 Å². The van der Waals surface area contributed by atoms with Gasteiger partial charge in [0.2, 0.25) is 0 Å². The van der Waals surface area contributed by atoms with Crippen molar-refractivity contribution in [3.05, 3.63) is 89.2 Å². The first kappa shape index (κ1) is 23.9. The standard InChI is InChI=1S/C23H29N5O.HI/c1-3-24-23(26-16-22-13-14-27-28(22)2)25-15-19-9-11-21(12-10-19)18-29-17-20-7-5-4-6-8-20;/h4-14H,3,15-18H2,1-2H3,(H2,24,25,26);1H. The van der Waals surface area contributed by atoms with Gasteiger partial charge in [-0.2, -0.15) is 5.10 Å². The number of benzene rings is 2. The Morgan fingerprint density at radius 2 is 1.60 bits per heavy atom. The minimum Gasteiger partial charge on any atom is -0.372 e. The average Bonchev–Trinajstić information content (AvgIpc) is 3.16. The molecule has 3 rings (SSSR count). The molecule has 30 heavy (non-hydrogen) atoms. The molecule has 0 radical (unpaired) electrons. The zero-order valence-corrected chi connectivity index (χ0v) is 19.9. The summed E-state index contributed by atoms with van der Waals surface area (Å²) < 4.78 is 7.65. The molecule has 0 amide bonds. The van der Waals surface area contributed by atoms with Gasteiger partial charge in [-0.05, 0) is 29.7 Å². The molecule has 3 aromatic rings. The van der Waals surface area contributed by atoms with Gasteiger partial charge in [0, 0.05) is 19.8 Å². The van der Waals surface area contributed by atoms with Crippen molar-refractivity contribution in [2.75, 3.05) is 6.54 Å². The molecule has 0 fully saturated rings. The highest BCUT2D eigenvalue weighted by Gasteiger charge is 2.02. The highest BCUT2D eigenvalue weighted by Crippen LogP contribution is 2.09. The highest BCUT2D eigenvalue weighted by atomic mass is 127. The summed E-state index contributed by atoms with van der Waals surface area (Å²) in [7, 11) is 1.94. The van der Waals surface area contributed by atoms with E-state index in [1.807, 2.05) is 36.0 Å². The number of nitrogens with one attached hydrogen (secondary N) is 2. The number of hydrogen-bond donors (Lipinski definition) is 2. The number of guanidine groups is 1. The summed E-state index contributed by atoms with van der Waals surface area (Å²) in [6.45, 7) is 5.40. The van der Waals surface area contributed by atoms with E-state index in [1.54, 1.807) is 6.20 Å². The van der Waals surface area contributed by atoms with Crippen LogP contribution < -0.4 is 10.6 Å². The van der Waals surface area contributed by atoms with Gasteiger partial charge in [-0.15, -0.1) is 24.0 Å². The first-order valence-electron chi connectivity index (χ1n) is 9.93. The first-order chi connectivity index (χ1) is 14.2. The predicted octanol–water partition coefficient (Wildman–Crippen LogP) is 4.01. The maximum Gasteiger partial charge on any atom is 0.191 e. The van der Waals surface area contributed by atoms with Crippen LogP contribution in [0.4, 0.5) is 0 Å². The fraction of sp³-hybridized carbons (Fsp3) is 0.304. The number of aliphatic imine (C=N–C) groups is 1. The number of aryl methyl sites for hydroxylation is 1. The second-order valence-corrected chi connectivity index (χ2v) is 6.79. The molecular weight excluding hydrogens is 489 g/mol. The molecule has 0 bridgehead atoms. The molecule has 1 aromatic heterocycles. The van der Waals surface area contributed by atoms with Crippen molar-refractivity contribution in [2.45, 2.75) is 33.2 Å². The fourth-order valence-corrected chi connectivity index (χ4v) is 2.86. The van der Waals surface area contributed by atoms with Crippen LogP contribution >= 0.6 is 24.0 Å². The number of rotatable bonds is 9. The minimum atomic E-state index is 0. The molecular formula is C23H30IN5O. The van der Waals surface area contributed by atoms with E-state index in [0.29, 0.717) is 26.3 Å². The largest absolute Gasteiger partial charge is 0.372 e. The molecule has 0 saturated heterocycles. The van der Waals surface area contributed by atoms with Crippen molar-refractivity contribution in [3.8, 4) is 0 Å². The van der Waals surface area contributed by atoms with Crippen molar-refractivity contribution in [1.29, 1.82) is 0 Å². The second-order valence-electron chi connectivity index (χ2n) is 6.79. The molecule has 160 valence electrons. The Morgan fingerprint density at radius 1 is 0.933 bits per heavy atom. The smallest absolute Gasteiger partial charge is 0.191 e.